The normalized spacial score (nSPS) is 26.3. The van der Waals surface area contributed by atoms with Gasteiger partial charge in [-0.3, -0.25) is 4.79 Å². The molecule has 0 radical (unpaired) electrons. The second kappa shape index (κ2) is 9.10. The Kier molecular flexibility index (Phi) is 6.02. The molecule has 1 aliphatic carbocycles. The van der Waals surface area contributed by atoms with Crippen molar-refractivity contribution in [3.05, 3.63) is 59.7 Å². The topological polar surface area (TPSA) is 68.2 Å². The van der Waals surface area contributed by atoms with Crippen molar-refractivity contribution in [2.75, 3.05) is 19.9 Å². The number of aliphatic hydroxyl groups is 1. The minimum Gasteiger partial charge on any atom is -0.494 e. The molecule has 0 spiro atoms. The van der Waals surface area contributed by atoms with E-state index in [0.717, 1.165) is 48.3 Å². The first-order valence-corrected chi connectivity index (χ1v) is 11.9. The molecule has 174 valence electrons. The van der Waals surface area contributed by atoms with E-state index in [0.29, 0.717) is 25.3 Å². The third kappa shape index (κ3) is 4.20. The second-order valence-corrected chi connectivity index (χ2v) is 9.10. The molecule has 2 aromatic carbocycles. The van der Waals surface area contributed by atoms with E-state index in [9.17, 15) is 9.90 Å². The first kappa shape index (κ1) is 21.8. The average molecular weight is 450 g/mol. The number of ether oxygens (including phenoxy) is 3. The molecule has 5 rings (SSSR count). The van der Waals surface area contributed by atoms with Crippen LogP contribution in [0.25, 0.3) is 6.08 Å². The van der Waals surface area contributed by atoms with E-state index in [4.69, 9.17) is 14.2 Å². The number of hydrogen-bond donors (Lipinski definition) is 1. The average Bonchev–Trinajstić information content (AvgIpc) is 3.30. The highest BCUT2D eigenvalue weighted by Gasteiger charge is 2.50. The minimum atomic E-state index is -0.736. The molecule has 6 nitrogen and oxygen atoms in total. The molecule has 1 saturated heterocycles. The minimum absolute atomic E-state index is 0.00972. The molecule has 3 aliphatic rings. The van der Waals surface area contributed by atoms with Crippen LogP contribution < -0.4 is 14.2 Å². The molecular formula is C27H31NO5. The van der Waals surface area contributed by atoms with Crippen molar-refractivity contribution < 1.29 is 24.1 Å². The van der Waals surface area contributed by atoms with Gasteiger partial charge in [0.05, 0.1) is 18.2 Å². The first-order chi connectivity index (χ1) is 16.1. The SMILES string of the molecule is CCOc1ccccc1[C@H]1C2CCCCC2(O)CCN1C(=O)/C=C/c1ccc2c(c1)OCO2. The quantitative estimate of drug-likeness (QED) is 0.669. The number of para-hydroxylation sites is 1. The summed E-state index contributed by atoms with van der Waals surface area (Å²) in [7, 11) is 0. The van der Waals surface area contributed by atoms with Crippen LogP contribution >= 0.6 is 0 Å². The van der Waals surface area contributed by atoms with Crippen LogP contribution in [0.5, 0.6) is 17.2 Å². The molecular weight excluding hydrogens is 418 g/mol. The van der Waals surface area contributed by atoms with Gasteiger partial charge in [-0.1, -0.05) is 37.1 Å². The molecule has 1 saturated carbocycles. The lowest BCUT2D eigenvalue weighted by Crippen LogP contribution is -2.56. The Morgan fingerprint density at radius 2 is 2.03 bits per heavy atom. The molecule has 0 bridgehead atoms. The van der Waals surface area contributed by atoms with Crippen LogP contribution in [-0.4, -0.2) is 41.5 Å². The molecule has 2 aliphatic heterocycles. The van der Waals surface area contributed by atoms with Crippen molar-refractivity contribution in [2.24, 2.45) is 5.92 Å². The van der Waals surface area contributed by atoms with Crippen LogP contribution in [0.2, 0.25) is 0 Å². The van der Waals surface area contributed by atoms with Gasteiger partial charge < -0.3 is 24.2 Å². The summed E-state index contributed by atoms with van der Waals surface area (Å²) in [5, 5.41) is 11.5. The zero-order valence-electron chi connectivity index (χ0n) is 19.0. The lowest BCUT2D eigenvalue weighted by molar-refractivity contribution is -0.151. The van der Waals surface area contributed by atoms with Crippen molar-refractivity contribution in [1.82, 2.24) is 4.90 Å². The van der Waals surface area contributed by atoms with Gasteiger partial charge >= 0.3 is 0 Å². The Morgan fingerprint density at radius 3 is 2.91 bits per heavy atom. The predicted molar refractivity (Wildman–Crippen MR) is 125 cm³/mol. The van der Waals surface area contributed by atoms with Gasteiger partial charge in [0.1, 0.15) is 5.75 Å². The van der Waals surface area contributed by atoms with Crippen LogP contribution in [0.1, 0.15) is 56.2 Å². The Hall–Kier alpha value is -2.99. The fraction of sp³-hybridized carbons (Fsp3) is 0.444. The molecule has 0 aromatic heterocycles. The first-order valence-electron chi connectivity index (χ1n) is 11.9. The molecule has 2 aromatic rings. The molecule has 1 N–H and O–H groups in total. The van der Waals surface area contributed by atoms with Gasteiger partial charge in [-0.25, -0.2) is 0 Å². The molecule has 2 heterocycles. The van der Waals surface area contributed by atoms with E-state index in [2.05, 4.69) is 0 Å². The lowest BCUT2D eigenvalue weighted by atomic mass is 9.66. The Labute approximate surface area is 194 Å². The van der Waals surface area contributed by atoms with Gasteiger partial charge in [0.2, 0.25) is 12.7 Å². The number of nitrogens with zero attached hydrogens (tertiary/aromatic N) is 1. The Morgan fingerprint density at radius 1 is 1.18 bits per heavy atom. The highest BCUT2D eigenvalue weighted by atomic mass is 16.7. The van der Waals surface area contributed by atoms with Gasteiger partial charge in [0.15, 0.2) is 11.5 Å². The molecule has 6 heteroatoms. The van der Waals surface area contributed by atoms with Crippen molar-refractivity contribution in [2.45, 2.75) is 50.7 Å². The third-order valence-corrected chi connectivity index (χ3v) is 7.20. The maximum Gasteiger partial charge on any atom is 0.247 e. The standard InChI is InChI=1S/C27H31NO5/c1-2-31-22-9-4-3-7-20(22)26-21-8-5-6-14-27(21,30)15-16-28(26)25(29)13-11-19-10-12-23-24(17-19)33-18-32-23/h3-4,7,9-13,17,21,26,30H,2,5-6,8,14-16,18H2,1H3/b13-11+/t21?,26-,27?/m0/s1. The smallest absolute Gasteiger partial charge is 0.247 e. The summed E-state index contributed by atoms with van der Waals surface area (Å²) in [4.78, 5) is 15.4. The van der Waals surface area contributed by atoms with Gasteiger partial charge in [0, 0.05) is 24.1 Å². The van der Waals surface area contributed by atoms with Gasteiger partial charge in [-0.2, -0.15) is 0 Å². The van der Waals surface area contributed by atoms with Crippen molar-refractivity contribution in [3.63, 3.8) is 0 Å². The predicted octanol–water partition coefficient (Wildman–Crippen LogP) is 4.72. The summed E-state index contributed by atoms with van der Waals surface area (Å²) in [5.74, 6) is 2.13. The summed E-state index contributed by atoms with van der Waals surface area (Å²) in [6.45, 7) is 3.26. The second-order valence-electron chi connectivity index (χ2n) is 9.10. The highest BCUT2D eigenvalue weighted by Crippen LogP contribution is 2.51. The van der Waals surface area contributed by atoms with Gasteiger partial charge in [-0.05, 0) is 56.0 Å². The van der Waals surface area contributed by atoms with Crippen molar-refractivity contribution >= 4 is 12.0 Å². The van der Waals surface area contributed by atoms with E-state index in [1.54, 1.807) is 6.08 Å². The van der Waals surface area contributed by atoms with Crippen LogP contribution in [0.4, 0.5) is 0 Å². The largest absolute Gasteiger partial charge is 0.494 e. The lowest BCUT2D eigenvalue weighted by Gasteiger charge is -2.52. The molecule has 2 unspecified atom stereocenters. The summed E-state index contributed by atoms with van der Waals surface area (Å²) < 4.78 is 16.8. The molecule has 2 fully saturated rings. The number of carbonyl (C=O) groups excluding carboxylic acids is 1. The Bertz CT molecular complexity index is 1050. The number of carbonyl (C=O) groups is 1. The fourth-order valence-corrected chi connectivity index (χ4v) is 5.61. The van der Waals surface area contributed by atoms with E-state index < -0.39 is 5.60 Å². The number of likely N-dealkylation sites (tertiary alicyclic amines) is 1. The van der Waals surface area contributed by atoms with Gasteiger partial charge in [-0.15, -0.1) is 0 Å². The summed E-state index contributed by atoms with van der Waals surface area (Å²) in [6, 6.07) is 13.4. The van der Waals surface area contributed by atoms with Crippen LogP contribution in [0, 0.1) is 5.92 Å². The number of hydrogen-bond acceptors (Lipinski definition) is 5. The Balaban J connectivity index is 1.46. The molecule has 33 heavy (non-hydrogen) atoms. The van der Waals surface area contributed by atoms with Crippen LogP contribution in [0.15, 0.2) is 48.5 Å². The summed E-state index contributed by atoms with van der Waals surface area (Å²) in [5.41, 5.74) is 1.12. The van der Waals surface area contributed by atoms with Crippen molar-refractivity contribution in [3.8, 4) is 17.2 Å². The zero-order chi connectivity index (χ0) is 22.8. The van der Waals surface area contributed by atoms with Crippen LogP contribution in [0.3, 0.4) is 0 Å². The third-order valence-electron chi connectivity index (χ3n) is 7.20. The van der Waals surface area contributed by atoms with E-state index in [1.807, 2.05) is 60.4 Å². The summed E-state index contributed by atoms with van der Waals surface area (Å²) in [6.07, 6.45) is 7.84. The fourth-order valence-electron chi connectivity index (χ4n) is 5.61. The maximum atomic E-state index is 13.5. The zero-order valence-corrected chi connectivity index (χ0v) is 19.0. The monoisotopic (exact) mass is 449 g/mol. The molecule has 1 amide bonds. The highest BCUT2D eigenvalue weighted by molar-refractivity contribution is 5.92. The van der Waals surface area contributed by atoms with Gasteiger partial charge in [0.25, 0.3) is 0 Å². The van der Waals surface area contributed by atoms with E-state index in [1.165, 1.54) is 0 Å². The number of benzene rings is 2. The molecule has 3 atom stereocenters. The number of piperidine rings is 1. The maximum absolute atomic E-state index is 13.5. The van der Waals surface area contributed by atoms with Crippen molar-refractivity contribution in [1.29, 1.82) is 0 Å². The number of fused-ring (bicyclic) bond motifs is 2. The van der Waals surface area contributed by atoms with Crippen LogP contribution in [-0.2, 0) is 4.79 Å². The number of amides is 1. The van der Waals surface area contributed by atoms with E-state index in [-0.39, 0.29) is 24.7 Å². The summed E-state index contributed by atoms with van der Waals surface area (Å²) >= 11 is 0. The number of rotatable bonds is 5. The van der Waals surface area contributed by atoms with E-state index >= 15 is 0 Å².